The first kappa shape index (κ1) is 13.8. The van der Waals surface area contributed by atoms with Gasteiger partial charge in [-0.25, -0.2) is 0 Å². The Hall–Kier alpha value is -0.580. The molecule has 0 aliphatic heterocycles. The molecule has 0 aromatic heterocycles. The largest absolute Gasteiger partial charge is 0.353 e. The maximum absolute atomic E-state index is 11.8. The van der Waals surface area contributed by atoms with Crippen molar-refractivity contribution in [2.75, 3.05) is 0 Å². The van der Waals surface area contributed by atoms with Gasteiger partial charge < -0.3 is 5.32 Å². The molecule has 1 aromatic carbocycles. The summed E-state index contributed by atoms with van der Waals surface area (Å²) in [6.45, 7) is 2.16. The third-order valence-electron chi connectivity index (χ3n) is 3.47. The Kier molecular flexibility index (Phi) is 5.03. The molecule has 18 heavy (non-hydrogen) atoms. The molecule has 2 nitrogen and oxygen atoms in total. The molecule has 1 aromatic rings. The van der Waals surface area contributed by atoms with Crippen molar-refractivity contribution in [3.05, 3.63) is 32.9 Å². The van der Waals surface area contributed by atoms with Crippen LogP contribution in [0.3, 0.4) is 0 Å². The van der Waals surface area contributed by atoms with E-state index in [4.69, 9.17) is 0 Å². The number of hydrogen-bond acceptors (Lipinski definition) is 1. The molecule has 0 heterocycles. The Labute approximate surface area is 123 Å². The lowest BCUT2D eigenvalue weighted by atomic mass is 10.1. The minimum absolute atomic E-state index is 0.218. The summed E-state index contributed by atoms with van der Waals surface area (Å²) in [4.78, 5) is 11.8. The van der Waals surface area contributed by atoms with Crippen LogP contribution in [0.4, 0.5) is 0 Å². The molecule has 0 saturated carbocycles. The summed E-state index contributed by atoms with van der Waals surface area (Å²) >= 11 is 2.34. The molecule has 1 aliphatic rings. The van der Waals surface area contributed by atoms with Crippen LogP contribution in [0.5, 0.6) is 0 Å². The van der Waals surface area contributed by atoms with Crippen molar-refractivity contribution >= 4 is 28.5 Å². The Bertz CT molecular complexity index is 431. The van der Waals surface area contributed by atoms with Crippen molar-refractivity contribution in [1.82, 2.24) is 5.32 Å². The van der Waals surface area contributed by atoms with E-state index in [0.29, 0.717) is 12.5 Å². The molecule has 0 saturated heterocycles. The lowest BCUT2D eigenvalue weighted by Gasteiger charge is -2.11. The fraction of sp³-hybridized carbons (Fsp3) is 0.533. The van der Waals surface area contributed by atoms with Crippen LogP contribution < -0.4 is 5.32 Å². The summed E-state index contributed by atoms with van der Waals surface area (Å²) in [5.74, 6) is 0.218. The quantitative estimate of drug-likeness (QED) is 0.635. The van der Waals surface area contributed by atoms with Crippen LogP contribution in [-0.4, -0.2) is 11.9 Å². The van der Waals surface area contributed by atoms with Crippen LogP contribution >= 0.6 is 22.6 Å². The first-order valence-electron chi connectivity index (χ1n) is 6.75. The van der Waals surface area contributed by atoms with Gasteiger partial charge in [0.25, 0.3) is 0 Å². The topological polar surface area (TPSA) is 29.1 Å². The van der Waals surface area contributed by atoms with E-state index >= 15 is 0 Å². The minimum atomic E-state index is 0.218. The van der Waals surface area contributed by atoms with Crippen LogP contribution in [0, 0.1) is 3.57 Å². The monoisotopic (exact) mass is 357 g/mol. The minimum Gasteiger partial charge on any atom is -0.353 e. The molecule has 3 heteroatoms. The average Bonchev–Trinajstić information content (AvgIpc) is 2.70. The van der Waals surface area contributed by atoms with E-state index in [2.05, 4.69) is 53.0 Å². The molecule has 98 valence electrons. The maximum atomic E-state index is 11.8. The lowest BCUT2D eigenvalue weighted by molar-refractivity contribution is -0.121. The van der Waals surface area contributed by atoms with Crippen molar-refractivity contribution in [2.24, 2.45) is 0 Å². The molecule has 0 bridgehead atoms. The SMILES string of the molecule is CCCCCC(=O)NC1Cc2ccc(I)cc2C1. The van der Waals surface area contributed by atoms with Gasteiger partial charge in [-0.1, -0.05) is 25.8 Å². The zero-order valence-electron chi connectivity index (χ0n) is 10.8. The van der Waals surface area contributed by atoms with Crippen molar-refractivity contribution in [3.63, 3.8) is 0 Å². The average molecular weight is 357 g/mol. The van der Waals surface area contributed by atoms with Crippen molar-refractivity contribution in [2.45, 2.75) is 51.5 Å². The van der Waals surface area contributed by atoms with E-state index in [1.807, 2.05) is 0 Å². The second kappa shape index (κ2) is 6.55. The number of hydrogen-bond donors (Lipinski definition) is 1. The normalized spacial score (nSPS) is 17.6. The van der Waals surface area contributed by atoms with Gasteiger partial charge in [-0.3, -0.25) is 4.79 Å². The number of benzene rings is 1. The zero-order valence-corrected chi connectivity index (χ0v) is 13.0. The molecule has 1 aliphatic carbocycles. The molecule has 1 unspecified atom stereocenters. The van der Waals surface area contributed by atoms with Crippen molar-refractivity contribution in [3.8, 4) is 0 Å². The van der Waals surface area contributed by atoms with E-state index in [-0.39, 0.29) is 5.91 Å². The Balaban J connectivity index is 1.82. The summed E-state index contributed by atoms with van der Waals surface area (Å²) in [6.07, 6.45) is 5.99. The molecule has 0 fully saturated rings. The molecule has 1 N–H and O–H groups in total. The Morgan fingerprint density at radius 2 is 2.11 bits per heavy atom. The number of unbranched alkanes of at least 4 members (excludes halogenated alkanes) is 2. The highest BCUT2D eigenvalue weighted by molar-refractivity contribution is 14.1. The fourth-order valence-electron chi connectivity index (χ4n) is 2.52. The number of carbonyl (C=O) groups is 1. The van der Waals surface area contributed by atoms with Gasteiger partial charge >= 0.3 is 0 Å². The van der Waals surface area contributed by atoms with Gasteiger partial charge in [0.05, 0.1) is 0 Å². The Morgan fingerprint density at radius 1 is 1.33 bits per heavy atom. The Morgan fingerprint density at radius 3 is 2.89 bits per heavy atom. The number of carbonyl (C=O) groups excluding carboxylic acids is 1. The van der Waals surface area contributed by atoms with Gasteiger partial charge in [0, 0.05) is 16.0 Å². The van der Waals surface area contributed by atoms with Gasteiger partial charge in [-0.05, 0) is 65.1 Å². The van der Waals surface area contributed by atoms with E-state index in [9.17, 15) is 4.79 Å². The van der Waals surface area contributed by atoms with E-state index in [0.717, 1.165) is 25.7 Å². The lowest BCUT2D eigenvalue weighted by Crippen LogP contribution is -2.35. The van der Waals surface area contributed by atoms with Crippen LogP contribution in [0.25, 0.3) is 0 Å². The molecule has 1 amide bonds. The highest BCUT2D eigenvalue weighted by Crippen LogP contribution is 2.24. The number of rotatable bonds is 5. The smallest absolute Gasteiger partial charge is 0.220 e. The standard InChI is InChI=1S/C15H20INO/c1-2-3-4-5-15(18)17-14-9-11-6-7-13(16)8-12(11)10-14/h6-8,14H,2-5,9-10H2,1H3,(H,17,18). The number of fused-ring (bicyclic) bond motifs is 1. The van der Waals surface area contributed by atoms with Crippen molar-refractivity contribution in [1.29, 1.82) is 0 Å². The van der Waals surface area contributed by atoms with E-state index in [1.165, 1.54) is 21.1 Å². The summed E-state index contributed by atoms with van der Waals surface area (Å²) in [5, 5.41) is 3.16. The maximum Gasteiger partial charge on any atom is 0.220 e. The summed E-state index contributed by atoms with van der Waals surface area (Å²) in [5.41, 5.74) is 2.80. The van der Waals surface area contributed by atoms with Gasteiger partial charge in [0.2, 0.25) is 5.91 Å². The van der Waals surface area contributed by atoms with E-state index in [1.54, 1.807) is 0 Å². The fourth-order valence-corrected chi connectivity index (χ4v) is 3.08. The first-order valence-corrected chi connectivity index (χ1v) is 7.83. The van der Waals surface area contributed by atoms with Crippen LogP contribution in [0.1, 0.15) is 43.7 Å². The molecule has 2 rings (SSSR count). The predicted octanol–water partition coefficient (Wildman–Crippen LogP) is 3.45. The molecule has 0 spiro atoms. The van der Waals surface area contributed by atoms with Crippen LogP contribution in [0.2, 0.25) is 0 Å². The van der Waals surface area contributed by atoms with Gasteiger partial charge in [-0.15, -0.1) is 0 Å². The van der Waals surface area contributed by atoms with Crippen LogP contribution in [-0.2, 0) is 17.6 Å². The molecular weight excluding hydrogens is 337 g/mol. The second-order valence-corrected chi connectivity index (χ2v) is 6.29. The summed E-state index contributed by atoms with van der Waals surface area (Å²) < 4.78 is 1.28. The highest BCUT2D eigenvalue weighted by Gasteiger charge is 2.22. The predicted molar refractivity (Wildman–Crippen MR) is 82.6 cm³/mol. The van der Waals surface area contributed by atoms with E-state index < -0.39 is 0 Å². The molecular formula is C15H20INO. The molecule has 0 radical (unpaired) electrons. The first-order chi connectivity index (χ1) is 8.69. The summed E-state index contributed by atoms with van der Waals surface area (Å²) in [7, 11) is 0. The van der Waals surface area contributed by atoms with Crippen LogP contribution in [0.15, 0.2) is 18.2 Å². The highest BCUT2D eigenvalue weighted by atomic mass is 127. The van der Waals surface area contributed by atoms with Crippen molar-refractivity contribution < 1.29 is 4.79 Å². The number of halogens is 1. The van der Waals surface area contributed by atoms with Gasteiger partial charge in [0.15, 0.2) is 0 Å². The third kappa shape index (κ3) is 3.70. The number of nitrogens with one attached hydrogen (secondary N) is 1. The second-order valence-electron chi connectivity index (χ2n) is 5.04. The van der Waals surface area contributed by atoms with Gasteiger partial charge in [-0.2, -0.15) is 0 Å². The summed E-state index contributed by atoms with van der Waals surface area (Å²) in [6, 6.07) is 6.89. The van der Waals surface area contributed by atoms with Gasteiger partial charge in [0.1, 0.15) is 0 Å². The zero-order chi connectivity index (χ0) is 13.0. The molecule has 1 atom stereocenters. The number of amides is 1. The third-order valence-corrected chi connectivity index (χ3v) is 4.14.